The Morgan fingerprint density at radius 2 is 2.05 bits per heavy atom. The van der Waals surface area contributed by atoms with Gasteiger partial charge in [-0.3, -0.25) is 0 Å². The minimum Gasteiger partial charge on any atom is -0.370 e. The maximum absolute atomic E-state index is 4.61. The van der Waals surface area contributed by atoms with Crippen LogP contribution < -0.4 is 10.2 Å². The highest BCUT2D eigenvalue weighted by atomic mass is 15.2. The molecule has 0 radical (unpaired) electrons. The minimum atomic E-state index is 0.578. The Labute approximate surface area is 123 Å². The fraction of sp³-hybridized carbons (Fsp3) is 0.750. The summed E-state index contributed by atoms with van der Waals surface area (Å²) in [6.07, 6.45) is 6.25. The number of anilines is 2. The molecule has 20 heavy (non-hydrogen) atoms. The van der Waals surface area contributed by atoms with Gasteiger partial charge in [-0.05, 0) is 32.1 Å². The highest BCUT2D eigenvalue weighted by molar-refractivity contribution is 5.59. The van der Waals surface area contributed by atoms with E-state index in [-0.39, 0.29) is 0 Å². The van der Waals surface area contributed by atoms with E-state index in [2.05, 4.69) is 47.9 Å². The highest BCUT2D eigenvalue weighted by Gasteiger charge is 2.29. The van der Waals surface area contributed by atoms with Gasteiger partial charge in [0.15, 0.2) is 0 Å². The van der Waals surface area contributed by atoms with Crippen molar-refractivity contribution in [1.29, 1.82) is 0 Å². The van der Waals surface area contributed by atoms with Gasteiger partial charge in [0.25, 0.3) is 0 Å². The van der Waals surface area contributed by atoms with Gasteiger partial charge in [-0.2, -0.15) is 0 Å². The first-order valence-electron chi connectivity index (χ1n) is 8.01. The molecule has 1 saturated heterocycles. The van der Waals surface area contributed by atoms with Crippen molar-refractivity contribution in [2.24, 2.45) is 5.92 Å². The lowest BCUT2D eigenvalue weighted by molar-refractivity contribution is 0.625. The molecule has 2 unspecified atom stereocenters. The van der Waals surface area contributed by atoms with Gasteiger partial charge >= 0.3 is 0 Å². The third-order valence-electron chi connectivity index (χ3n) is 4.02. The number of rotatable bonds is 6. The van der Waals surface area contributed by atoms with Gasteiger partial charge in [-0.1, -0.05) is 27.2 Å². The third kappa shape index (κ3) is 3.22. The first-order chi connectivity index (χ1) is 9.67. The summed E-state index contributed by atoms with van der Waals surface area (Å²) >= 11 is 0. The quantitative estimate of drug-likeness (QED) is 0.863. The SMILES string of the molecule is CCCNc1ncnc(N2CC(C)CC2C)c1CCC. The zero-order valence-electron chi connectivity index (χ0n) is 13.3. The molecule has 2 atom stereocenters. The molecule has 0 spiro atoms. The van der Waals surface area contributed by atoms with Crippen LogP contribution in [0.15, 0.2) is 6.33 Å². The van der Waals surface area contributed by atoms with Crippen LogP contribution in [-0.2, 0) is 6.42 Å². The van der Waals surface area contributed by atoms with E-state index in [1.54, 1.807) is 6.33 Å². The topological polar surface area (TPSA) is 41.1 Å². The van der Waals surface area contributed by atoms with E-state index in [4.69, 9.17) is 0 Å². The maximum atomic E-state index is 4.61. The van der Waals surface area contributed by atoms with E-state index in [0.29, 0.717) is 6.04 Å². The maximum Gasteiger partial charge on any atom is 0.137 e. The van der Waals surface area contributed by atoms with Crippen molar-refractivity contribution < 1.29 is 0 Å². The fourth-order valence-corrected chi connectivity index (χ4v) is 3.12. The second-order valence-corrected chi connectivity index (χ2v) is 6.04. The van der Waals surface area contributed by atoms with Gasteiger partial charge in [-0.25, -0.2) is 9.97 Å². The Morgan fingerprint density at radius 1 is 1.25 bits per heavy atom. The number of hydrogen-bond acceptors (Lipinski definition) is 4. The van der Waals surface area contributed by atoms with Gasteiger partial charge in [0.1, 0.15) is 18.0 Å². The minimum absolute atomic E-state index is 0.578. The van der Waals surface area contributed by atoms with Crippen molar-refractivity contribution in [3.63, 3.8) is 0 Å². The predicted octanol–water partition coefficient (Wildman–Crippen LogP) is 3.49. The van der Waals surface area contributed by atoms with E-state index >= 15 is 0 Å². The standard InChI is InChI=1S/C16H28N4/c1-5-7-14-15(17-8-6-2)18-11-19-16(14)20-10-12(3)9-13(20)4/h11-13H,5-10H2,1-4H3,(H,17,18,19). The van der Waals surface area contributed by atoms with Crippen molar-refractivity contribution in [1.82, 2.24) is 9.97 Å². The second kappa shape index (κ2) is 6.91. The molecule has 4 heteroatoms. The predicted molar refractivity (Wildman–Crippen MR) is 85.4 cm³/mol. The lowest BCUT2D eigenvalue weighted by atomic mass is 10.1. The Hall–Kier alpha value is -1.32. The first kappa shape index (κ1) is 15.1. The number of aromatic nitrogens is 2. The Bertz CT molecular complexity index is 432. The summed E-state index contributed by atoms with van der Waals surface area (Å²) in [5, 5.41) is 3.46. The average Bonchev–Trinajstić information content (AvgIpc) is 2.76. The molecule has 4 nitrogen and oxygen atoms in total. The average molecular weight is 276 g/mol. The van der Waals surface area contributed by atoms with E-state index in [0.717, 1.165) is 49.9 Å². The molecule has 112 valence electrons. The lowest BCUT2D eigenvalue weighted by Crippen LogP contribution is -2.29. The van der Waals surface area contributed by atoms with E-state index in [9.17, 15) is 0 Å². The van der Waals surface area contributed by atoms with Crippen LogP contribution in [0.25, 0.3) is 0 Å². The molecule has 1 N–H and O–H groups in total. The Kier molecular flexibility index (Phi) is 5.21. The second-order valence-electron chi connectivity index (χ2n) is 6.04. The largest absolute Gasteiger partial charge is 0.370 e. The zero-order chi connectivity index (χ0) is 14.5. The summed E-state index contributed by atoms with van der Waals surface area (Å²) in [6, 6.07) is 0.578. The van der Waals surface area contributed by atoms with E-state index < -0.39 is 0 Å². The molecule has 1 aromatic rings. The summed E-state index contributed by atoms with van der Waals surface area (Å²) in [4.78, 5) is 11.5. The van der Waals surface area contributed by atoms with Crippen LogP contribution in [0.4, 0.5) is 11.6 Å². The van der Waals surface area contributed by atoms with Gasteiger partial charge in [-0.15, -0.1) is 0 Å². The molecule has 0 aromatic carbocycles. The molecule has 1 fully saturated rings. The summed E-state index contributed by atoms with van der Waals surface area (Å²) in [6.45, 7) is 11.1. The molecule has 2 heterocycles. The highest BCUT2D eigenvalue weighted by Crippen LogP contribution is 2.32. The van der Waals surface area contributed by atoms with Crippen LogP contribution >= 0.6 is 0 Å². The van der Waals surface area contributed by atoms with Gasteiger partial charge in [0.05, 0.1) is 0 Å². The summed E-state index contributed by atoms with van der Waals surface area (Å²) < 4.78 is 0. The van der Waals surface area contributed by atoms with E-state index in [1.807, 2.05) is 0 Å². The summed E-state index contributed by atoms with van der Waals surface area (Å²) in [7, 11) is 0. The van der Waals surface area contributed by atoms with Gasteiger partial charge < -0.3 is 10.2 Å². The number of nitrogens with zero attached hydrogens (tertiary/aromatic N) is 3. The molecule has 1 aliphatic heterocycles. The molecule has 1 aromatic heterocycles. The molecular weight excluding hydrogens is 248 g/mol. The molecule has 0 amide bonds. The van der Waals surface area contributed by atoms with Gasteiger partial charge in [0.2, 0.25) is 0 Å². The van der Waals surface area contributed by atoms with Gasteiger partial charge in [0, 0.05) is 24.7 Å². The van der Waals surface area contributed by atoms with Crippen molar-refractivity contribution in [3.05, 3.63) is 11.9 Å². The van der Waals surface area contributed by atoms with Crippen LogP contribution in [0.3, 0.4) is 0 Å². The first-order valence-corrected chi connectivity index (χ1v) is 8.01. The van der Waals surface area contributed by atoms with Crippen LogP contribution in [0.5, 0.6) is 0 Å². The molecule has 0 aliphatic carbocycles. The summed E-state index contributed by atoms with van der Waals surface area (Å²) in [5.74, 6) is 2.93. The Balaban J connectivity index is 2.31. The molecule has 2 rings (SSSR count). The van der Waals surface area contributed by atoms with Crippen LogP contribution in [0.1, 0.15) is 52.5 Å². The molecular formula is C16H28N4. The monoisotopic (exact) mass is 276 g/mol. The Morgan fingerprint density at radius 3 is 2.65 bits per heavy atom. The fourth-order valence-electron chi connectivity index (χ4n) is 3.12. The normalized spacial score (nSPS) is 22.3. The van der Waals surface area contributed by atoms with Crippen molar-refractivity contribution >= 4 is 11.6 Å². The lowest BCUT2D eigenvalue weighted by Gasteiger charge is -2.26. The third-order valence-corrected chi connectivity index (χ3v) is 4.02. The molecule has 1 aliphatic rings. The zero-order valence-corrected chi connectivity index (χ0v) is 13.3. The van der Waals surface area contributed by atoms with Crippen molar-refractivity contribution in [2.75, 3.05) is 23.3 Å². The number of hydrogen-bond donors (Lipinski definition) is 1. The van der Waals surface area contributed by atoms with E-state index in [1.165, 1.54) is 12.0 Å². The summed E-state index contributed by atoms with van der Waals surface area (Å²) in [5.41, 5.74) is 1.30. The van der Waals surface area contributed by atoms with Crippen LogP contribution in [0.2, 0.25) is 0 Å². The van der Waals surface area contributed by atoms with Crippen molar-refractivity contribution in [3.8, 4) is 0 Å². The van der Waals surface area contributed by atoms with Crippen LogP contribution in [0, 0.1) is 5.92 Å². The van der Waals surface area contributed by atoms with Crippen LogP contribution in [-0.4, -0.2) is 29.1 Å². The number of nitrogens with one attached hydrogen (secondary N) is 1. The molecule has 0 bridgehead atoms. The molecule has 0 saturated carbocycles. The smallest absolute Gasteiger partial charge is 0.137 e. The van der Waals surface area contributed by atoms with Crippen molar-refractivity contribution in [2.45, 2.75) is 59.4 Å².